The number of piperidine rings is 2. The number of ether oxygens (including phenoxy) is 6. The maximum Gasteiger partial charge on any atom is 0.508 e. The third kappa shape index (κ3) is 19.6. The maximum absolute atomic E-state index is 13.3. The van der Waals surface area contributed by atoms with Gasteiger partial charge in [-0.25, -0.2) is 19.2 Å². The number of nitrogens with one attached hydrogen (secondary N) is 2. The standard InChI is InChI=1S/C45H56N4O7Si.C29H38N4O7/c1-7-34-21-23-35(24-22-34)30-48(31-36-16-14-15-25-47(36)6)26-27-53-44(52)54-32-40-39(28-41(55-40)49-29-33(2)42(50)46-43(49)51)56-57(45(3,4)5,37-17-10-8-11-18-37)38-19-12-9-13-20-38;1-4-21-8-10-22(11-9-21)17-32(18-23-7-5-6-12-31(23)3)13-14-38-29(37)39-19-25-24(34)15-26(40-25)33-16-20(2)27(35)30-28(33)36/h1,8-13,17-24,29,36,39-41H,14-16,25-28,30-32H2,2-6H3,(H,46,50,51);1,8-11,16,23-26,34H,5-7,12-15,17-19H2,2-3H3,(H,30,35,36)/t36?,39?,40-,41-;23?,24?,25-,26-/m11/s1. The predicted molar refractivity (Wildman–Crippen MR) is 372 cm³/mol. The molecule has 4 saturated heterocycles. The highest BCUT2D eigenvalue weighted by Gasteiger charge is 2.54. The third-order valence-electron chi connectivity index (χ3n) is 18.9. The number of terminal acetylenes is 2. The number of aryl methyl sites for hydroxylation is 2. The number of aliphatic hydroxyl groups is 1. The number of nitrogens with zero attached hydrogens (tertiary/aromatic N) is 6. The number of likely N-dealkylation sites (N-methyl/N-ethyl adjacent to an activating group) is 2. The Kier molecular flexibility index (Phi) is 25.9. The van der Waals surface area contributed by atoms with E-state index in [-0.39, 0.29) is 44.3 Å². The van der Waals surface area contributed by atoms with Crippen LogP contribution >= 0.6 is 0 Å². The lowest BCUT2D eigenvalue weighted by atomic mass is 10.0. The highest BCUT2D eigenvalue weighted by Crippen LogP contribution is 2.41. The fourth-order valence-electron chi connectivity index (χ4n) is 13.3. The lowest BCUT2D eigenvalue weighted by molar-refractivity contribution is -0.0594. The third-order valence-corrected chi connectivity index (χ3v) is 23.9. The lowest BCUT2D eigenvalue weighted by Gasteiger charge is -2.45. The number of aliphatic hydroxyl groups excluding tert-OH is 1. The second-order valence-electron chi connectivity index (χ2n) is 26.8. The monoisotopic (exact) mass is 1350 g/mol. The normalized spacial score (nSPS) is 21.5. The molecule has 518 valence electrons. The van der Waals surface area contributed by atoms with Gasteiger partial charge in [0.15, 0.2) is 0 Å². The van der Waals surface area contributed by atoms with Gasteiger partial charge in [-0.2, -0.15) is 0 Å². The van der Waals surface area contributed by atoms with Gasteiger partial charge in [-0.05, 0) is 118 Å². The van der Waals surface area contributed by atoms with Gasteiger partial charge in [0, 0.05) is 98.8 Å². The first-order chi connectivity index (χ1) is 46.6. The summed E-state index contributed by atoms with van der Waals surface area (Å²) in [4.78, 5) is 88.7. The summed E-state index contributed by atoms with van der Waals surface area (Å²) in [7, 11) is 1.24. The van der Waals surface area contributed by atoms with Gasteiger partial charge in [-0.1, -0.05) is 130 Å². The van der Waals surface area contributed by atoms with E-state index in [1.54, 1.807) is 13.8 Å². The molecular weight excluding hydrogens is 1250 g/mol. The highest BCUT2D eigenvalue weighted by molar-refractivity contribution is 6.99. The number of H-pyrrole nitrogens is 2. The van der Waals surface area contributed by atoms with Crippen LogP contribution in [0.5, 0.6) is 0 Å². The minimum atomic E-state index is -3.09. The first kappa shape index (κ1) is 73.1. The Hall–Kier alpha value is -8.20. The van der Waals surface area contributed by atoms with Crippen LogP contribution in [0.2, 0.25) is 5.04 Å². The molecule has 3 N–H and O–H groups in total. The van der Waals surface area contributed by atoms with E-state index in [9.17, 15) is 33.9 Å². The Morgan fingerprint density at radius 1 is 0.608 bits per heavy atom. The van der Waals surface area contributed by atoms with E-state index in [1.165, 1.54) is 47.2 Å². The highest BCUT2D eigenvalue weighted by atomic mass is 28.4. The number of benzene rings is 4. The Bertz CT molecular complexity index is 3840. The van der Waals surface area contributed by atoms with Crippen molar-refractivity contribution < 1.29 is 47.5 Å². The van der Waals surface area contributed by atoms with Crippen LogP contribution in [0.25, 0.3) is 0 Å². The van der Waals surface area contributed by atoms with Crippen LogP contribution in [0.3, 0.4) is 0 Å². The van der Waals surface area contributed by atoms with Crippen LogP contribution in [-0.4, -0.2) is 181 Å². The van der Waals surface area contributed by atoms with Crippen molar-refractivity contribution in [2.24, 2.45) is 0 Å². The van der Waals surface area contributed by atoms with Crippen LogP contribution < -0.4 is 32.9 Å². The largest absolute Gasteiger partial charge is 0.508 e. The molecule has 23 heteroatoms. The fraction of sp³-hybridized carbons (Fsp3) is 0.486. The molecule has 0 radical (unpaired) electrons. The van der Waals surface area contributed by atoms with Crippen molar-refractivity contribution in [3.63, 3.8) is 0 Å². The topological polar surface area (TPSA) is 242 Å². The summed E-state index contributed by atoms with van der Waals surface area (Å²) in [6, 6.07) is 37.2. The van der Waals surface area contributed by atoms with E-state index >= 15 is 0 Å². The van der Waals surface area contributed by atoms with Crippen LogP contribution in [0.4, 0.5) is 9.59 Å². The van der Waals surface area contributed by atoms with Gasteiger partial charge < -0.3 is 47.8 Å². The Morgan fingerprint density at radius 2 is 1.03 bits per heavy atom. The van der Waals surface area contributed by atoms with Crippen molar-refractivity contribution in [1.29, 1.82) is 0 Å². The van der Waals surface area contributed by atoms with Crippen LogP contribution in [0, 0.1) is 38.5 Å². The van der Waals surface area contributed by atoms with E-state index in [1.807, 2.05) is 84.9 Å². The molecule has 8 atom stereocenters. The van der Waals surface area contributed by atoms with Gasteiger partial charge in [0.05, 0.1) is 12.2 Å². The summed E-state index contributed by atoms with van der Waals surface area (Å²) in [5.74, 6) is 5.31. The first-order valence-corrected chi connectivity index (χ1v) is 35.5. The molecule has 0 amide bonds. The Balaban J connectivity index is 0.000000242. The predicted octanol–water partition coefficient (Wildman–Crippen LogP) is 6.81. The Labute approximate surface area is 568 Å². The number of carbonyl (C=O) groups is 2. The molecule has 22 nitrogen and oxygen atoms in total. The van der Waals surface area contributed by atoms with E-state index < -0.39 is 80.0 Å². The average molecular weight is 1350 g/mol. The quantitative estimate of drug-likeness (QED) is 0.0320. The number of carbonyl (C=O) groups excluding carboxylic acids is 2. The zero-order chi connectivity index (χ0) is 69.2. The van der Waals surface area contributed by atoms with Crippen molar-refractivity contribution >= 4 is 31.0 Å². The van der Waals surface area contributed by atoms with Gasteiger partial charge in [0.2, 0.25) is 0 Å². The maximum atomic E-state index is 13.3. The van der Waals surface area contributed by atoms with Gasteiger partial charge in [0.1, 0.15) is 51.1 Å². The second kappa shape index (κ2) is 34.3. The number of hydrogen-bond acceptors (Lipinski definition) is 18. The number of aromatic nitrogens is 4. The van der Waals surface area contributed by atoms with Crippen LogP contribution in [0.1, 0.15) is 118 Å². The molecule has 0 spiro atoms. The summed E-state index contributed by atoms with van der Waals surface area (Å²) in [6.07, 6.45) is 15.1. The molecule has 2 aromatic heterocycles. The minimum absolute atomic E-state index is 0.112. The molecule has 10 rings (SSSR count). The zero-order valence-electron chi connectivity index (χ0n) is 56.9. The lowest BCUT2D eigenvalue weighted by Crippen LogP contribution is -2.68. The molecule has 6 aromatic rings. The molecule has 4 aromatic carbocycles. The summed E-state index contributed by atoms with van der Waals surface area (Å²) in [6.45, 7) is 15.9. The summed E-state index contributed by atoms with van der Waals surface area (Å²) in [5, 5.41) is 12.2. The van der Waals surface area contributed by atoms with Crippen molar-refractivity contribution in [2.75, 3.05) is 79.8 Å². The number of aromatic amines is 2. The molecule has 0 bridgehead atoms. The first-order valence-electron chi connectivity index (χ1n) is 33.6. The number of likely N-dealkylation sites (tertiary alicyclic amines) is 2. The molecule has 0 saturated carbocycles. The van der Waals surface area contributed by atoms with Crippen molar-refractivity contribution in [3.8, 4) is 24.7 Å². The van der Waals surface area contributed by atoms with Gasteiger partial charge in [0.25, 0.3) is 19.4 Å². The smallest absolute Gasteiger partial charge is 0.433 e. The zero-order valence-corrected chi connectivity index (χ0v) is 57.9. The number of rotatable bonds is 24. The SMILES string of the molecule is C#Cc1ccc(CN(CCOC(=O)OC[C@H]2O[C@@H](n3cc(C)c(=O)[nH]c3=O)CC2O)CC2CCCCN2C)cc1.C#Cc1ccc(CN(CCOC(=O)OC[C@H]2O[C@@H](n3cc(C)c(=O)[nH]c3=O)CC2O[Si](c2ccccc2)(c2ccccc2)C(C)(C)C)CC2CCCCN2C)cc1. The van der Waals surface area contributed by atoms with Crippen molar-refractivity contribution in [2.45, 2.75) is 153 Å². The molecule has 0 aliphatic carbocycles. The minimum Gasteiger partial charge on any atom is -0.433 e. The fourth-order valence-corrected chi connectivity index (χ4v) is 18.1. The summed E-state index contributed by atoms with van der Waals surface area (Å²) in [5.41, 5.74) is 2.48. The van der Waals surface area contributed by atoms with Crippen LogP contribution in [-0.2, 0) is 45.9 Å². The molecule has 4 aliphatic heterocycles. The van der Waals surface area contributed by atoms with Crippen molar-refractivity contribution in [3.05, 3.63) is 197 Å². The molecule has 6 heterocycles. The van der Waals surface area contributed by atoms with Crippen LogP contribution in [0.15, 0.2) is 141 Å². The van der Waals surface area contributed by atoms with Gasteiger partial charge in [-0.15, -0.1) is 12.8 Å². The summed E-state index contributed by atoms with van der Waals surface area (Å²) >= 11 is 0. The van der Waals surface area contributed by atoms with Gasteiger partial charge >= 0.3 is 23.7 Å². The van der Waals surface area contributed by atoms with E-state index in [0.29, 0.717) is 49.4 Å². The van der Waals surface area contributed by atoms with E-state index in [0.717, 1.165) is 71.6 Å². The molecule has 4 unspecified atom stereocenters. The molecule has 4 aliphatic rings. The Morgan fingerprint density at radius 3 is 1.45 bits per heavy atom. The van der Waals surface area contributed by atoms with E-state index in [2.05, 4.69) is 101 Å². The average Bonchev–Trinajstić information content (AvgIpc) is 0.786. The van der Waals surface area contributed by atoms with E-state index in [4.69, 9.17) is 45.7 Å². The second-order valence-corrected chi connectivity index (χ2v) is 31.1. The number of hydrogen-bond donors (Lipinski definition) is 3. The molecular formula is C74H94N8O14Si. The molecule has 97 heavy (non-hydrogen) atoms. The summed E-state index contributed by atoms with van der Waals surface area (Å²) < 4.78 is 44.3. The molecule has 4 fully saturated rings. The van der Waals surface area contributed by atoms with Crippen molar-refractivity contribution in [1.82, 2.24) is 38.7 Å². The van der Waals surface area contributed by atoms with Gasteiger partial charge in [-0.3, -0.25) is 38.5 Å².